The summed E-state index contributed by atoms with van der Waals surface area (Å²) in [7, 11) is 0.334. The predicted molar refractivity (Wildman–Crippen MR) is 141 cm³/mol. The number of hydrogen-bond donors (Lipinski definition) is 0. The molecule has 2 aromatic rings. The molecule has 2 saturated heterocycles. The third-order valence-electron chi connectivity index (χ3n) is 8.37. The maximum absolute atomic E-state index is 13.4. The maximum Gasteiger partial charge on any atom is 0.314 e. The van der Waals surface area contributed by atoms with Crippen molar-refractivity contribution >= 4 is 14.3 Å². The molecule has 0 saturated carbocycles. The van der Waals surface area contributed by atoms with Crippen LogP contribution in [0.15, 0.2) is 54.6 Å². The van der Waals surface area contributed by atoms with Gasteiger partial charge in [0, 0.05) is 12.1 Å². The first-order chi connectivity index (χ1) is 16.0. The quantitative estimate of drug-likeness (QED) is 0.333. The molecule has 2 fully saturated rings. The predicted octanol–water partition coefficient (Wildman–Crippen LogP) is 6.57. The zero-order valence-corrected chi connectivity index (χ0v) is 22.7. The summed E-state index contributed by atoms with van der Waals surface area (Å²) >= 11 is 0. The van der Waals surface area contributed by atoms with Crippen LogP contribution in [0.25, 0.3) is 0 Å². The summed E-state index contributed by atoms with van der Waals surface area (Å²) in [5, 5.41) is 0.154. The number of rotatable bonds is 7. The van der Waals surface area contributed by atoms with Crippen molar-refractivity contribution in [3.8, 4) is 5.75 Å². The highest BCUT2D eigenvalue weighted by Gasteiger charge is 2.41. The van der Waals surface area contributed by atoms with E-state index in [-0.39, 0.29) is 23.0 Å². The first kappa shape index (κ1) is 25.0. The minimum absolute atomic E-state index is 0.0350. The van der Waals surface area contributed by atoms with E-state index in [1.165, 1.54) is 12.8 Å². The van der Waals surface area contributed by atoms with Gasteiger partial charge in [-0.15, -0.1) is 0 Å². The Bertz CT molecular complexity index is 953. The molecular weight excluding hydrogens is 438 g/mol. The summed E-state index contributed by atoms with van der Waals surface area (Å²) in [4.78, 5) is 15.9. The van der Waals surface area contributed by atoms with Crippen molar-refractivity contribution in [2.45, 2.75) is 95.1 Å². The van der Waals surface area contributed by atoms with Gasteiger partial charge in [0.05, 0.1) is 5.92 Å². The summed E-state index contributed by atoms with van der Waals surface area (Å²) in [5.41, 5.74) is 2.14. The monoisotopic (exact) mass is 479 g/mol. The number of piperidine rings is 1. The summed E-state index contributed by atoms with van der Waals surface area (Å²) in [6.45, 7) is 11.3. The van der Waals surface area contributed by atoms with Gasteiger partial charge in [-0.3, -0.25) is 4.79 Å². The van der Waals surface area contributed by atoms with Crippen molar-refractivity contribution in [2.24, 2.45) is 0 Å². The molecule has 4 rings (SSSR count). The summed E-state index contributed by atoms with van der Waals surface area (Å²) in [6.07, 6.45) is 5.02. The lowest BCUT2D eigenvalue weighted by Gasteiger charge is -2.36. The lowest BCUT2D eigenvalue weighted by atomic mass is 9.91. The molecule has 4 nitrogen and oxygen atoms in total. The Labute approximate surface area is 206 Å². The van der Waals surface area contributed by atoms with Crippen molar-refractivity contribution in [3.63, 3.8) is 0 Å². The summed E-state index contributed by atoms with van der Waals surface area (Å²) in [6, 6.07) is 19.5. The van der Waals surface area contributed by atoms with E-state index in [4.69, 9.17) is 9.16 Å². The summed E-state index contributed by atoms with van der Waals surface area (Å²) in [5.74, 6) is 0.517. The van der Waals surface area contributed by atoms with Crippen LogP contribution in [0.3, 0.4) is 0 Å². The van der Waals surface area contributed by atoms with E-state index in [0.717, 1.165) is 29.7 Å². The molecule has 2 aromatic carbocycles. The lowest BCUT2D eigenvalue weighted by Crippen LogP contribution is -2.43. The molecule has 5 heteroatoms. The molecule has 0 spiro atoms. The zero-order chi connectivity index (χ0) is 24.5. The van der Waals surface area contributed by atoms with Crippen molar-refractivity contribution in [1.29, 1.82) is 0 Å². The second-order valence-corrected chi connectivity index (χ2v) is 16.5. The Morgan fingerprint density at radius 3 is 2.15 bits per heavy atom. The molecule has 34 heavy (non-hydrogen) atoms. The van der Waals surface area contributed by atoms with Crippen LogP contribution < -0.4 is 4.43 Å². The van der Waals surface area contributed by atoms with Gasteiger partial charge in [-0.05, 0) is 80.5 Å². The number of ether oxygens (including phenoxy) is 1. The first-order valence-corrected chi connectivity index (χ1v) is 15.7. The second kappa shape index (κ2) is 9.86. The van der Waals surface area contributed by atoms with Gasteiger partial charge >= 0.3 is 5.97 Å². The van der Waals surface area contributed by atoms with Crippen LogP contribution in [0.1, 0.15) is 63.5 Å². The van der Waals surface area contributed by atoms with E-state index in [2.05, 4.69) is 70.1 Å². The van der Waals surface area contributed by atoms with Gasteiger partial charge in [-0.2, -0.15) is 0 Å². The van der Waals surface area contributed by atoms with Gasteiger partial charge in [-0.1, -0.05) is 63.2 Å². The lowest BCUT2D eigenvalue weighted by molar-refractivity contribution is -0.154. The number of carbonyl (C=O) groups is 1. The molecule has 2 bridgehead atoms. The summed E-state index contributed by atoms with van der Waals surface area (Å²) < 4.78 is 12.6. The average molecular weight is 480 g/mol. The van der Waals surface area contributed by atoms with Crippen molar-refractivity contribution in [2.75, 3.05) is 7.05 Å². The first-order valence-electron chi connectivity index (χ1n) is 12.8. The number of benzene rings is 2. The van der Waals surface area contributed by atoms with Gasteiger partial charge in [0.25, 0.3) is 0 Å². The van der Waals surface area contributed by atoms with Gasteiger partial charge in [0.15, 0.2) is 0 Å². The van der Waals surface area contributed by atoms with Gasteiger partial charge in [0.2, 0.25) is 8.32 Å². The van der Waals surface area contributed by atoms with E-state index in [9.17, 15) is 4.79 Å². The van der Waals surface area contributed by atoms with Crippen LogP contribution in [0, 0.1) is 0 Å². The standard InChI is InChI=1S/C29H41NO3Si/c1-29(2,3)34(5,6)33-25-16-12-21(13-17-25)18-27(22-10-8-7-9-11-22)28(31)32-26-19-23-14-15-24(20-26)30(23)4/h7-13,16-17,23-24,26-27H,14-15,18-20H2,1-6H3/t23-,24+,26?,27?. The fourth-order valence-electron chi connectivity index (χ4n) is 5.10. The molecule has 0 aromatic heterocycles. The third kappa shape index (κ3) is 5.57. The highest BCUT2D eigenvalue weighted by atomic mass is 28.4. The molecule has 2 aliphatic rings. The second-order valence-electron chi connectivity index (χ2n) is 11.8. The zero-order valence-electron chi connectivity index (χ0n) is 21.7. The topological polar surface area (TPSA) is 38.8 Å². The minimum Gasteiger partial charge on any atom is -0.544 e. The van der Waals surface area contributed by atoms with E-state index in [0.29, 0.717) is 18.5 Å². The highest BCUT2D eigenvalue weighted by molar-refractivity contribution is 6.74. The van der Waals surface area contributed by atoms with Crippen LogP contribution in [-0.2, 0) is 16.0 Å². The Kier molecular flexibility index (Phi) is 7.25. The van der Waals surface area contributed by atoms with Crippen molar-refractivity contribution in [1.82, 2.24) is 4.90 Å². The molecule has 0 amide bonds. The molecule has 2 heterocycles. The van der Waals surface area contributed by atoms with E-state index < -0.39 is 8.32 Å². The van der Waals surface area contributed by atoms with Gasteiger partial charge in [-0.25, -0.2) is 0 Å². The number of fused-ring (bicyclic) bond motifs is 2. The maximum atomic E-state index is 13.4. The Hall–Kier alpha value is -2.11. The third-order valence-corrected chi connectivity index (χ3v) is 12.7. The molecule has 184 valence electrons. The Morgan fingerprint density at radius 1 is 1.00 bits per heavy atom. The Morgan fingerprint density at radius 2 is 1.59 bits per heavy atom. The molecule has 2 aliphatic heterocycles. The fourth-order valence-corrected chi connectivity index (χ4v) is 6.14. The van der Waals surface area contributed by atoms with Crippen molar-refractivity contribution < 1.29 is 14.0 Å². The largest absolute Gasteiger partial charge is 0.544 e. The number of nitrogens with zero attached hydrogens (tertiary/aromatic N) is 1. The normalized spacial score (nSPS) is 24.0. The van der Waals surface area contributed by atoms with Crippen LogP contribution in [-0.4, -0.2) is 44.4 Å². The smallest absolute Gasteiger partial charge is 0.314 e. The Balaban J connectivity index is 1.46. The molecule has 0 radical (unpaired) electrons. The van der Waals surface area contributed by atoms with Crippen LogP contribution in [0.5, 0.6) is 5.75 Å². The molecule has 0 aliphatic carbocycles. The van der Waals surface area contributed by atoms with Crippen LogP contribution >= 0.6 is 0 Å². The van der Waals surface area contributed by atoms with Crippen molar-refractivity contribution in [3.05, 3.63) is 65.7 Å². The average Bonchev–Trinajstić information content (AvgIpc) is 2.98. The molecule has 0 N–H and O–H groups in total. The number of carbonyl (C=O) groups excluding carboxylic acids is 1. The minimum atomic E-state index is -1.88. The highest BCUT2D eigenvalue weighted by Crippen LogP contribution is 2.38. The molecule has 2 unspecified atom stereocenters. The van der Waals surface area contributed by atoms with Gasteiger partial charge in [0.1, 0.15) is 11.9 Å². The van der Waals surface area contributed by atoms with Crippen LogP contribution in [0.2, 0.25) is 18.1 Å². The number of esters is 1. The van der Waals surface area contributed by atoms with Crippen LogP contribution in [0.4, 0.5) is 0 Å². The molecular formula is C29H41NO3Si. The fraction of sp³-hybridized carbons (Fsp3) is 0.552. The number of hydrogen-bond acceptors (Lipinski definition) is 4. The van der Waals surface area contributed by atoms with E-state index >= 15 is 0 Å². The SMILES string of the molecule is CN1[C@@H]2CC[C@H]1CC(OC(=O)C(Cc1ccc(O[Si](C)(C)C(C)(C)C)cc1)c1ccccc1)C2. The van der Waals surface area contributed by atoms with E-state index in [1.807, 2.05) is 30.3 Å². The van der Waals surface area contributed by atoms with E-state index in [1.54, 1.807) is 0 Å². The molecule has 4 atom stereocenters. The van der Waals surface area contributed by atoms with Gasteiger partial charge < -0.3 is 14.1 Å².